The predicted molar refractivity (Wildman–Crippen MR) is 130 cm³/mol. The minimum Gasteiger partial charge on any atom is -0.343 e. The van der Waals surface area contributed by atoms with Crippen molar-refractivity contribution < 1.29 is 13.2 Å². The van der Waals surface area contributed by atoms with E-state index >= 15 is 0 Å². The summed E-state index contributed by atoms with van der Waals surface area (Å²) in [5.74, 6) is 0.513. The van der Waals surface area contributed by atoms with Crippen LogP contribution in [-0.2, 0) is 19.0 Å². The van der Waals surface area contributed by atoms with Gasteiger partial charge in [-0.2, -0.15) is 13.2 Å². The van der Waals surface area contributed by atoms with Crippen molar-refractivity contribution in [3.8, 4) is 11.1 Å². The second kappa shape index (κ2) is 9.58. The second-order valence-electron chi connectivity index (χ2n) is 9.67. The number of nitrogens with zero attached hydrogens (tertiary/aromatic N) is 1. The van der Waals surface area contributed by atoms with Gasteiger partial charge in [-0.25, -0.2) is 0 Å². The quantitative estimate of drug-likeness (QED) is 0.336. The van der Waals surface area contributed by atoms with E-state index in [9.17, 15) is 13.2 Å². The van der Waals surface area contributed by atoms with Crippen molar-refractivity contribution in [3.05, 3.63) is 81.6 Å². The molecule has 1 aromatic heterocycles. The van der Waals surface area contributed by atoms with Gasteiger partial charge in [0.05, 0.1) is 11.6 Å². The average molecular weight is 474 g/mol. The molecule has 1 heterocycles. The predicted octanol–water partition coefficient (Wildman–Crippen LogP) is 9.04. The van der Waals surface area contributed by atoms with E-state index in [1.165, 1.54) is 23.4 Å². The van der Waals surface area contributed by atoms with Gasteiger partial charge in [0.2, 0.25) is 0 Å². The average Bonchev–Trinajstić information content (AvgIpc) is 3.13. The first-order valence-electron chi connectivity index (χ1n) is 11.8. The number of halogens is 4. The molecule has 1 aliphatic rings. The first kappa shape index (κ1) is 23.9. The van der Waals surface area contributed by atoms with Crippen molar-refractivity contribution in [1.29, 1.82) is 0 Å². The van der Waals surface area contributed by atoms with Gasteiger partial charge in [-0.15, -0.1) is 0 Å². The van der Waals surface area contributed by atoms with Crippen LogP contribution in [0.25, 0.3) is 11.1 Å². The number of fused-ring (bicyclic) bond motifs is 1. The molecule has 0 amide bonds. The molecule has 1 aliphatic carbocycles. The van der Waals surface area contributed by atoms with Crippen molar-refractivity contribution in [2.24, 2.45) is 5.92 Å². The molecule has 0 radical (unpaired) electrons. The van der Waals surface area contributed by atoms with Gasteiger partial charge < -0.3 is 4.57 Å². The Morgan fingerprint density at radius 2 is 1.64 bits per heavy atom. The summed E-state index contributed by atoms with van der Waals surface area (Å²) in [6.45, 7) is 6.40. The zero-order chi connectivity index (χ0) is 23.8. The maximum Gasteiger partial charge on any atom is 0.416 e. The van der Waals surface area contributed by atoms with E-state index in [1.54, 1.807) is 12.1 Å². The van der Waals surface area contributed by atoms with Crippen molar-refractivity contribution in [2.75, 3.05) is 0 Å². The Kier molecular flexibility index (Phi) is 6.95. The van der Waals surface area contributed by atoms with E-state index in [4.69, 9.17) is 11.6 Å². The number of rotatable bonds is 6. The summed E-state index contributed by atoms with van der Waals surface area (Å²) in [4.78, 5) is 0. The van der Waals surface area contributed by atoms with Gasteiger partial charge in [0, 0.05) is 28.0 Å². The molecule has 5 heteroatoms. The summed E-state index contributed by atoms with van der Waals surface area (Å²) in [6, 6.07) is 11.9. The molecular formula is C28H31ClF3N. The van der Waals surface area contributed by atoms with Gasteiger partial charge in [-0.05, 0) is 86.3 Å². The molecule has 4 rings (SSSR count). The van der Waals surface area contributed by atoms with E-state index in [1.807, 2.05) is 13.0 Å². The highest BCUT2D eigenvalue weighted by Crippen LogP contribution is 2.41. The van der Waals surface area contributed by atoms with Gasteiger partial charge in [-0.1, -0.05) is 49.7 Å². The molecule has 2 aromatic carbocycles. The molecule has 1 atom stereocenters. The van der Waals surface area contributed by atoms with Crippen molar-refractivity contribution >= 4 is 11.6 Å². The molecule has 0 saturated carbocycles. The Hall–Kier alpha value is -2.20. The number of aromatic nitrogens is 1. The van der Waals surface area contributed by atoms with Crippen LogP contribution in [0.5, 0.6) is 0 Å². The molecule has 3 aromatic rings. The molecule has 0 saturated heterocycles. The first-order chi connectivity index (χ1) is 15.6. The van der Waals surface area contributed by atoms with Crippen LogP contribution < -0.4 is 0 Å². The topological polar surface area (TPSA) is 4.93 Å². The Morgan fingerprint density at radius 1 is 0.939 bits per heavy atom. The second-order valence-corrected chi connectivity index (χ2v) is 10.1. The largest absolute Gasteiger partial charge is 0.416 e. The molecule has 176 valence electrons. The zero-order valence-corrected chi connectivity index (χ0v) is 20.2. The molecular weight excluding hydrogens is 443 g/mol. The van der Waals surface area contributed by atoms with E-state index < -0.39 is 11.7 Å². The molecule has 33 heavy (non-hydrogen) atoms. The molecule has 0 bridgehead atoms. The van der Waals surface area contributed by atoms with Crippen LogP contribution in [0.15, 0.2) is 48.7 Å². The molecule has 0 spiro atoms. The van der Waals surface area contributed by atoms with E-state index in [0.29, 0.717) is 5.92 Å². The van der Waals surface area contributed by atoms with Crippen LogP contribution in [0, 0.1) is 12.8 Å². The summed E-state index contributed by atoms with van der Waals surface area (Å²) in [6.07, 6.45) is 4.02. The lowest BCUT2D eigenvalue weighted by Crippen LogP contribution is -2.16. The Balaban J connectivity index is 1.82. The smallest absolute Gasteiger partial charge is 0.343 e. The minimum atomic E-state index is -4.33. The monoisotopic (exact) mass is 473 g/mol. The fourth-order valence-electron chi connectivity index (χ4n) is 4.96. The lowest BCUT2D eigenvalue weighted by atomic mass is 9.91. The highest BCUT2D eigenvalue weighted by atomic mass is 35.5. The summed E-state index contributed by atoms with van der Waals surface area (Å²) in [5.41, 5.74) is 6.29. The van der Waals surface area contributed by atoms with Crippen LogP contribution in [0.3, 0.4) is 0 Å². The third-order valence-electron chi connectivity index (χ3n) is 6.73. The Bertz CT molecular complexity index is 1110. The number of benzene rings is 2. The lowest BCUT2D eigenvalue weighted by molar-refractivity contribution is -0.137. The van der Waals surface area contributed by atoms with Crippen molar-refractivity contribution in [1.82, 2.24) is 4.57 Å². The normalized spacial score (nSPS) is 15.0. The van der Waals surface area contributed by atoms with Crippen LogP contribution in [0.4, 0.5) is 13.2 Å². The molecule has 0 N–H and O–H groups in total. The highest BCUT2D eigenvalue weighted by Gasteiger charge is 2.31. The molecule has 0 fully saturated rings. The van der Waals surface area contributed by atoms with Crippen molar-refractivity contribution in [3.63, 3.8) is 0 Å². The molecule has 0 aliphatic heterocycles. The van der Waals surface area contributed by atoms with Crippen LogP contribution in [-0.4, -0.2) is 4.57 Å². The zero-order valence-electron chi connectivity index (χ0n) is 19.5. The fourth-order valence-corrected chi connectivity index (χ4v) is 5.30. The summed E-state index contributed by atoms with van der Waals surface area (Å²) in [7, 11) is 0. The number of hydrogen-bond donors (Lipinski definition) is 0. The first-order valence-corrected chi connectivity index (χ1v) is 12.2. The van der Waals surface area contributed by atoms with Gasteiger partial charge in [-0.3, -0.25) is 0 Å². The Labute approximate surface area is 199 Å². The van der Waals surface area contributed by atoms with Crippen LogP contribution >= 0.6 is 11.6 Å². The number of alkyl halides is 3. The van der Waals surface area contributed by atoms with Crippen LogP contribution in [0.1, 0.15) is 73.5 Å². The highest BCUT2D eigenvalue weighted by molar-refractivity contribution is 6.33. The SMILES string of the molecule is Cc1ccc(-c2cn(C(CCC(C)C)c3ccc(C(F)(F)F)cc3)c3c2CCCC3)c(Cl)c1. The van der Waals surface area contributed by atoms with E-state index in [2.05, 4.69) is 36.7 Å². The van der Waals surface area contributed by atoms with Crippen molar-refractivity contribution in [2.45, 2.75) is 71.5 Å². The van der Waals surface area contributed by atoms with E-state index in [-0.39, 0.29) is 6.04 Å². The third kappa shape index (κ3) is 5.16. The fraction of sp³-hybridized carbons (Fsp3) is 0.429. The third-order valence-corrected chi connectivity index (χ3v) is 7.05. The minimum absolute atomic E-state index is 0.000456. The number of hydrogen-bond acceptors (Lipinski definition) is 0. The van der Waals surface area contributed by atoms with Gasteiger partial charge >= 0.3 is 6.18 Å². The van der Waals surface area contributed by atoms with Gasteiger partial charge in [0.15, 0.2) is 0 Å². The molecule has 1 unspecified atom stereocenters. The Morgan fingerprint density at radius 3 is 2.27 bits per heavy atom. The lowest BCUT2D eigenvalue weighted by Gasteiger charge is -2.25. The maximum absolute atomic E-state index is 13.2. The van der Waals surface area contributed by atoms with Gasteiger partial charge in [0.25, 0.3) is 0 Å². The van der Waals surface area contributed by atoms with Gasteiger partial charge in [0.1, 0.15) is 0 Å². The summed E-state index contributed by atoms with van der Waals surface area (Å²) >= 11 is 6.66. The van der Waals surface area contributed by atoms with Crippen LogP contribution in [0.2, 0.25) is 5.02 Å². The summed E-state index contributed by atoms with van der Waals surface area (Å²) in [5, 5.41) is 0.744. The maximum atomic E-state index is 13.2. The standard InChI is InChI=1S/C28H31ClF3N/c1-18(2)8-15-26(20-10-12-21(13-11-20)28(30,31)32)33-17-24(23-6-4-5-7-27(23)33)22-14-9-19(3)16-25(22)29/h9-14,16-18,26H,4-8,15H2,1-3H3. The summed E-state index contributed by atoms with van der Waals surface area (Å²) < 4.78 is 41.8. The molecule has 1 nitrogen and oxygen atoms in total. The van der Waals surface area contributed by atoms with E-state index in [0.717, 1.165) is 65.8 Å². The number of aryl methyl sites for hydroxylation is 1.